The van der Waals surface area contributed by atoms with Crippen molar-refractivity contribution in [3.8, 4) is 5.75 Å². The third-order valence-electron chi connectivity index (χ3n) is 7.12. The molecule has 0 radical (unpaired) electrons. The van der Waals surface area contributed by atoms with Gasteiger partial charge in [0, 0.05) is 62.2 Å². The lowest BCUT2D eigenvalue weighted by atomic mass is 9.76. The number of hydrogen-bond donors (Lipinski definition) is 0. The third kappa shape index (κ3) is 5.96. The molecule has 32 heavy (non-hydrogen) atoms. The van der Waals surface area contributed by atoms with E-state index in [1.807, 2.05) is 28.0 Å². The number of carbonyl (C=O) groups is 2. The minimum atomic E-state index is -0.379. The summed E-state index contributed by atoms with van der Waals surface area (Å²) < 4.78 is 11.6. The summed E-state index contributed by atoms with van der Waals surface area (Å²) in [6, 6.07) is 7.37. The van der Waals surface area contributed by atoms with Gasteiger partial charge in [-0.15, -0.1) is 0 Å². The maximum absolute atomic E-state index is 13.3. The largest absolute Gasteiger partial charge is 0.493 e. The fraction of sp³-hybridized carbons (Fsp3) is 0.680. The van der Waals surface area contributed by atoms with Gasteiger partial charge in [-0.3, -0.25) is 9.59 Å². The molecule has 1 unspecified atom stereocenters. The molecule has 0 N–H and O–H groups in total. The molecule has 0 aliphatic carbocycles. The van der Waals surface area contributed by atoms with Gasteiger partial charge in [0.2, 0.25) is 11.8 Å². The molecule has 3 heterocycles. The van der Waals surface area contributed by atoms with Gasteiger partial charge < -0.3 is 19.3 Å². The fourth-order valence-electron chi connectivity index (χ4n) is 5.28. The quantitative estimate of drug-likeness (QED) is 0.637. The van der Waals surface area contributed by atoms with Crippen LogP contribution in [0.5, 0.6) is 5.75 Å². The highest BCUT2D eigenvalue weighted by Gasteiger charge is 2.42. The van der Waals surface area contributed by atoms with Crippen LogP contribution in [0.3, 0.4) is 0 Å². The van der Waals surface area contributed by atoms with Crippen LogP contribution in [-0.4, -0.2) is 67.6 Å². The van der Waals surface area contributed by atoms with E-state index in [0.29, 0.717) is 43.6 Å². The maximum Gasteiger partial charge on any atom is 0.225 e. The molecule has 3 aliphatic heterocycles. The summed E-state index contributed by atoms with van der Waals surface area (Å²) in [5, 5.41) is 0.626. The van der Waals surface area contributed by atoms with Crippen molar-refractivity contribution >= 4 is 23.4 Å². The van der Waals surface area contributed by atoms with Crippen molar-refractivity contribution < 1.29 is 19.1 Å². The summed E-state index contributed by atoms with van der Waals surface area (Å²) in [6.45, 7) is 4.73. The van der Waals surface area contributed by atoms with Crippen molar-refractivity contribution in [2.75, 3.05) is 46.0 Å². The van der Waals surface area contributed by atoms with Crippen LogP contribution in [0, 0.1) is 11.3 Å². The fourth-order valence-corrected chi connectivity index (χ4v) is 5.46. The Bertz CT molecular complexity index is 792. The molecular weight excluding hydrogens is 428 g/mol. The van der Waals surface area contributed by atoms with Crippen LogP contribution in [0.2, 0.25) is 5.02 Å². The average molecular weight is 463 g/mol. The van der Waals surface area contributed by atoms with E-state index in [1.165, 1.54) is 6.42 Å². The molecule has 2 amide bonds. The van der Waals surface area contributed by atoms with E-state index < -0.39 is 0 Å². The minimum Gasteiger partial charge on any atom is -0.493 e. The molecular formula is C25H35ClN2O4. The normalized spacial score (nSPS) is 24.9. The Morgan fingerprint density at radius 3 is 2.56 bits per heavy atom. The van der Waals surface area contributed by atoms with Crippen molar-refractivity contribution in [1.29, 1.82) is 0 Å². The van der Waals surface area contributed by atoms with Crippen LogP contribution in [0.4, 0.5) is 0 Å². The first-order valence-electron chi connectivity index (χ1n) is 12.1. The van der Waals surface area contributed by atoms with Gasteiger partial charge in [-0.05, 0) is 63.1 Å². The lowest BCUT2D eigenvalue weighted by Gasteiger charge is -2.44. The van der Waals surface area contributed by atoms with Crippen LogP contribution in [0.15, 0.2) is 24.3 Å². The van der Waals surface area contributed by atoms with Gasteiger partial charge in [-0.2, -0.15) is 0 Å². The zero-order chi connectivity index (χ0) is 22.4. The number of ether oxygens (including phenoxy) is 2. The summed E-state index contributed by atoms with van der Waals surface area (Å²) in [5.41, 5.74) is -0.379. The third-order valence-corrected chi connectivity index (χ3v) is 7.35. The Morgan fingerprint density at radius 2 is 1.81 bits per heavy atom. The van der Waals surface area contributed by atoms with E-state index in [9.17, 15) is 9.59 Å². The molecule has 4 rings (SSSR count). The van der Waals surface area contributed by atoms with Gasteiger partial charge in [-0.25, -0.2) is 0 Å². The molecule has 1 atom stereocenters. The second kappa shape index (κ2) is 10.9. The van der Waals surface area contributed by atoms with Crippen molar-refractivity contribution in [2.45, 2.75) is 51.4 Å². The highest BCUT2D eigenvalue weighted by atomic mass is 35.5. The Kier molecular flexibility index (Phi) is 7.95. The predicted octanol–water partition coefficient (Wildman–Crippen LogP) is 4.16. The number of halogens is 1. The van der Waals surface area contributed by atoms with Crippen molar-refractivity contribution in [3.63, 3.8) is 0 Å². The Hall–Kier alpha value is -1.79. The van der Waals surface area contributed by atoms with E-state index in [0.717, 1.165) is 58.2 Å². The van der Waals surface area contributed by atoms with Crippen molar-refractivity contribution in [1.82, 2.24) is 9.80 Å². The predicted molar refractivity (Wildman–Crippen MR) is 124 cm³/mol. The molecule has 6 nitrogen and oxygen atoms in total. The van der Waals surface area contributed by atoms with Gasteiger partial charge in [0.25, 0.3) is 0 Å². The molecule has 0 saturated carbocycles. The van der Waals surface area contributed by atoms with Crippen LogP contribution in [0.1, 0.15) is 51.4 Å². The maximum atomic E-state index is 13.3. The molecule has 3 aliphatic rings. The smallest absolute Gasteiger partial charge is 0.225 e. The molecule has 3 fully saturated rings. The molecule has 176 valence electrons. The van der Waals surface area contributed by atoms with Crippen LogP contribution >= 0.6 is 11.6 Å². The van der Waals surface area contributed by atoms with E-state index in [1.54, 1.807) is 6.07 Å². The number of amides is 2. The molecule has 7 heteroatoms. The number of carbonyl (C=O) groups excluding carboxylic acids is 2. The summed E-state index contributed by atoms with van der Waals surface area (Å²) in [4.78, 5) is 30.5. The lowest BCUT2D eigenvalue weighted by Crippen LogP contribution is -2.52. The number of hydrogen-bond acceptors (Lipinski definition) is 4. The van der Waals surface area contributed by atoms with Crippen LogP contribution in [0.25, 0.3) is 0 Å². The van der Waals surface area contributed by atoms with Crippen LogP contribution < -0.4 is 4.74 Å². The molecule has 0 spiro atoms. The van der Waals surface area contributed by atoms with Crippen LogP contribution in [-0.2, 0) is 14.3 Å². The average Bonchev–Trinajstić information content (AvgIpc) is 2.84. The van der Waals surface area contributed by atoms with Crippen molar-refractivity contribution in [2.24, 2.45) is 11.3 Å². The van der Waals surface area contributed by atoms with E-state index >= 15 is 0 Å². The second-order valence-corrected chi connectivity index (χ2v) is 10.1. The SMILES string of the molecule is O=C(CC1(COc2cccc(Cl)c2)CCCN(C(=O)C2CCOCC2)C1)N1CCCCC1. The number of benzene rings is 1. The van der Waals surface area contributed by atoms with Gasteiger partial charge in [-0.1, -0.05) is 17.7 Å². The van der Waals surface area contributed by atoms with Gasteiger partial charge in [0.1, 0.15) is 5.75 Å². The summed E-state index contributed by atoms with van der Waals surface area (Å²) in [5.74, 6) is 1.15. The summed E-state index contributed by atoms with van der Waals surface area (Å²) in [6.07, 6.45) is 7.11. The zero-order valence-electron chi connectivity index (χ0n) is 18.9. The first-order valence-corrected chi connectivity index (χ1v) is 12.5. The van der Waals surface area contributed by atoms with Gasteiger partial charge >= 0.3 is 0 Å². The Balaban J connectivity index is 1.48. The monoisotopic (exact) mass is 462 g/mol. The van der Waals surface area contributed by atoms with Crippen molar-refractivity contribution in [3.05, 3.63) is 29.3 Å². The van der Waals surface area contributed by atoms with E-state index in [2.05, 4.69) is 0 Å². The molecule has 3 saturated heterocycles. The standard InChI is InChI=1S/C25H35ClN2O4/c26-21-6-4-7-22(16-21)32-19-25(17-23(29)27-11-2-1-3-12-27)10-5-13-28(18-25)24(30)20-8-14-31-15-9-20/h4,6-7,16,20H,1-3,5,8-15,17-19H2. The zero-order valence-corrected chi connectivity index (χ0v) is 19.7. The van der Waals surface area contributed by atoms with Gasteiger partial charge in [0.05, 0.1) is 6.61 Å². The molecule has 0 aromatic heterocycles. The summed E-state index contributed by atoms with van der Waals surface area (Å²) >= 11 is 6.13. The minimum absolute atomic E-state index is 0.0335. The number of piperidine rings is 2. The topological polar surface area (TPSA) is 59.1 Å². The molecule has 1 aromatic rings. The summed E-state index contributed by atoms with van der Waals surface area (Å²) in [7, 11) is 0. The molecule has 1 aromatic carbocycles. The lowest BCUT2D eigenvalue weighted by molar-refractivity contribution is -0.146. The van der Waals surface area contributed by atoms with Gasteiger partial charge in [0.15, 0.2) is 0 Å². The highest BCUT2D eigenvalue weighted by molar-refractivity contribution is 6.30. The first-order chi connectivity index (χ1) is 15.5. The highest BCUT2D eigenvalue weighted by Crippen LogP contribution is 2.37. The van der Waals surface area contributed by atoms with E-state index in [-0.39, 0.29) is 23.1 Å². The number of likely N-dealkylation sites (tertiary alicyclic amines) is 2. The van der Waals surface area contributed by atoms with E-state index in [4.69, 9.17) is 21.1 Å². The Labute approximate surface area is 196 Å². The number of nitrogens with zero attached hydrogens (tertiary/aromatic N) is 2. The Morgan fingerprint density at radius 1 is 1.06 bits per heavy atom. The second-order valence-electron chi connectivity index (χ2n) is 9.61. The first kappa shape index (κ1) is 23.4. The number of rotatable bonds is 6. The molecule has 0 bridgehead atoms.